The number of nitrogens with one attached hydrogen (secondary N) is 1. The van der Waals surface area contributed by atoms with Crippen LogP contribution in [0.25, 0.3) is 0 Å². The van der Waals surface area contributed by atoms with Crippen LogP contribution in [0.3, 0.4) is 0 Å². The monoisotopic (exact) mass is 276 g/mol. The first-order valence-corrected chi connectivity index (χ1v) is 8.14. The van der Waals surface area contributed by atoms with Gasteiger partial charge in [-0.2, -0.15) is 0 Å². The molecule has 0 fully saturated rings. The summed E-state index contributed by atoms with van der Waals surface area (Å²) in [6.45, 7) is 15.7. The summed E-state index contributed by atoms with van der Waals surface area (Å²) in [6.07, 6.45) is 2.42. The van der Waals surface area contributed by atoms with Crippen molar-refractivity contribution >= 4 is 0 Å². The predicted octanol–water partition coefficient (Wildman–Crippen LogP) is 4.08. The number of nitrogens with zero attached hydrogens (tertiary/aromatic N) is 1. The fraction of sp³-hybridized carbons (Fsp3) is 0.667. The van der Waals surface area contributed by atoms with Gasteiger partial charge in [0.1, 0.15) is 0 Å². The molecular weight excluding hydrogens is 244 g/mol. The van der Waals surface area contributed by atoms with E-state index in [1.54, 1.807) is 0 Å². The molecule has 1 aromatic carbocycles. The summed E-state index contributed by atoms with van der Waals surface area (Å²) in [5, 5.41) is 3.65. The van der Waals surface area contributed by atoms with Gasteiger partial charge >= 0.3 is 0 Å². The standard InChI is InChI=1S/C18H32N2/c1-6-10-20(8-3)11-9-18(19-7-2)17-13-15(4)12-16(5)14-17/h12-14,18-19H,6-11H2,1-5H3. The second kappa shape index (κ2) is 9.15. The molecule has 0 heterocycles. The average Bonchev–Trinajstić information content (AvgIpc) is 2.40. The van der Waals surface area contributed by atoms with E-state index >= 15 is 0 Å². The Morgan fingerprint density at radius 1 is 1.00 bits per heavy atom. The maximum atomic E-state index is 3.65. The van der Waals surface area contributed by atoms with Gasteiger partial charge in [0, 0.05) is 6.04 Å². The lowest BCUT2D eigenvalue weighted by Crippen LogP contribution is -2.30. The summed E-state index contributed by atoms with van der Waals surface area (Å²) in [4.78, 5) is 2.55. The molecule has 0 radical (unpaired) electrons. The predicted molar refractivity (Wildman–Crippen MR) is 89.4 cm³/mol. The Morgan fingerprint density at radius 3 is 2.15 bits per heavy atom. The molecule has 2 heteroatoms. The molecule has 1 unspecified atom stereocenters. The van der Waals surface area contributed by atoms with Gasteiger partial charge in [0.05, 0.1) is 0 Å². The van der Waals surface area contributed by atoms with E-state index in [1.165, 1.54) is 42.6 Å². The zero-order valence-electron chi connectivity index (χ0n) is 14.0. The average molecular weight is 276 g/mol. The molecule has 0 amide bonds. The van der Waals surface area contributed by atoms with Crippen LogP contribution < -0.4 is 5.32 Å². The first-order valence-electron chi connectivity index (χ1n) is 8.14. The minimum Gasteiger partial charge on any atom is -0.310 e. The Kier molecular flexibility index (Phi) is 7.86. The fourth-order valence-electron chi connectivity index (χ4n) is 2.90. The molecule has 20 heavy (non-hydrogen) atoms. The molecule has 0 bridgehead atoms. The summed E-state index contributed by atoms with van der Waals surface area (Å²) >= 11 is 0. The maximum absolute atomic E-state index is 3.65. The summed E-state index contributed by atoms with van der Waals surface area (Å²) in [6, 6.07) is 7.39. The zero-order valence-corrected chi connectivity index (χ0v) is 14.0. The molecule has 0 aliphatic heterocycles. The molecule has 0 aliphatic rings. The third-order valence-electron chi connectivity index (χ3n) is 3.82. The highest BCUT2D eigenvalue weighted by molar-refractivity contribution is 5.30. The van der Waals surface area contributed by atoms with Gasteiger partial charge in [0.2, 0.25) is 0 Å². The van der Waals surface area contributed by atoms with Gasteiger partial charge in [0.15, 0.2) is 0 Å². The van der Waals surface area contributed by atoms with E-state index in [2.05, 4.69) is 63.0 Å². The second-order valence-corrected chi connectivity index (χ2v) is 5.75. The first-order chi connectivity index (χ1) is 9.60. The molecule has 1 atom stereocenters. The van der Waals surface area contributed by atoms with E-state index in [4.69, 9.17) is 0 Å². The van der Waals surface area contributed by atoms with Crippen LogP contribution in [0.4, 0.5) is 0 Å². The lowest BCUT2D eigenvalue weighted by molar-refractivity contribution is 0.270. The van der Waals surface area contributed by atoms with Crippen LogP contribution in [0, 0.1) is 13.8 Å². The van der Waals surface area contributed by atoms with Crippen molar-refractivity contribution in [2.75, 3.05) is 26.2 Å². The Bertz CT molecular complexity index is 367. The number of rotatable bonds is 9. The highest BCUT2D eigenvalue weighted by Gasteiger charge is 2.12. The smallest absolute Gasteiger partial charge is 0.0332 e. The summed E-state index contributed by atoms with van der Waals surface area (Å²) in [5.41, 5.74) is 4.17. The molecule has 0 aliphatic carbocycles. The van der Waals surface area contributed by atoms with Gasteiger partial charge < -0.3 is 10.2 Å². The molecule has 2 nitrogen and oxygen atoms in total. The topological polar surface area (TPSA) is 15.3 Å². The van der Waals surface area contributed by atoms with E-state index in [0.717, 1.165) is 13.1 Å². The van der Waals surface area contributed by atoms with Crippen molar-refractivity contribution in [3.63, 3.8) is 0 Å². The lowest BCUT2D eigenvalue weighted by Gasteiger charge is -2.25. The highest BCUT2D eigenvalue weighted by atomic mass is 15.1. The molecular formula is C18H32N2. The Balaban J connectivity index is 2.72. The Hall–Kier alpha value is -0.860. The Morgan fingerprint density at radius 2 is 1.65 bits per heavy atom. The van der Waals surface area contributed by atoms with E-state index in [1.807, 2.05) is 0 Å². The molecule has 0 saturated carbocycles. The third-order valence-corrected chi connectivity index (χ3v) is 3.82. The largest absolute Gasteiger partial charge is 0.310 e. The zero-order chi connectivity index (χ0) is 15.0. The first kappa shape index (κ1) is 17.2. The molecule has 0 saturated heterocycles. The third kappa shape index (κ3) is 5.64. The van der Waals surface area contributed by atoms with E-state index in [9.17, 15) is 0 Å². The lowest BCUT2D eigenvalue weighted by atomic mass is 9.99. The van der Waals surface area contributed by atoms with Crippen molar-refractivity contribution in [1.82, 2.24) is 10.2 Å². The van der Waals surface area contributed by atoms with Crippen LogP contribution in [0.2, 0.25) is 0 Å². The van der Waals surface area contributed by atoms with Crippen molar-refractivity contribution in [1.29, 1.82) is 0 Å². The van der Waals surface area contributed by atoms with Crippen LogP contribution in [0.5, 0.6) is 0 Å². The van der Waals surface area contributed by atoms with Gasteiger partial charge in [-0.25, -0.2) is 0 Å². The fourth-order valence-corrected chi connectivity index (χ4v) is 2.90. The quantitative estimate of drug-likeness (QED) is 0.731. The molecule has 1 rings (SSSR count). The van der Waals surface area contributed by atoms with Crippen molar-refractivity contribution in [2.45, 2.75) is 53.5 Å². The van der Waals surface area contributed by atoms with Gasteiger partial charge in [-0.15, -0.1) is 0 Å². The number of aryl methyl sites for hydroxylation is 2. The second-order valence-electron chi connectivity index (χ2n) is 5.75. The molecule has 1 N–H and O–H groups in total. The van der Waals surface area contributed by atoms with Crippen LogP contribution in [-0.4, -0.2) is 31.1 Å². The van der Waals surface area contributed by atoms with Crippen LogP contribution in [0.1, 0.15) is 56.3 Å². The molecule has 0 spiro atoms. The Labute approximate surface area is 125 Å². The maximum Gasteiger partial charge on any atom is 0.0332 e. The normalized spacial score (nSPS) is 12.9. The summed E-state index contributed by atoms with van der Waals surface area (Å²) in [5.74, 6) is 0. The molecule has 1 aromatic rings. The minimum absolute atomic E-state index is 0.476. The van der Waals surface area contributed by atoms with Crippen LogP contribution in [-0.2, 0) is 0 Å². The van der Waals surface area contributed by atoms with Crippen molar-refractivity contribution in [2.24, 2.45) is 0 Å². The van der Waals surface area contributed by atoms with E-state index in [0.29, 0.717) is 6.04 Å². The van der Waals surface area contributed by atoms with E-state index in [-0.39, 0.29) is 0 Å². The minimum atomic E-state index is 0.476. The molecule has 114 valence electrons. The number of hydrogen-bond donors (Lipinski definition) is 1. The van der Waals surface area contributed by atoms with Crippen molar-refractivity contribution in [3.05, 3.63) is 34.9 Å². The SMILES string of the molecule is CCCN(CC)CCC(NCC)c1cc(C)cc(C)c1. The number of benzene rings is 1. The van der Waals surface area contributed by atoms with Gasteiger partial charge in [-0.1, -0.05) is 50.1 Å². The molecule has 0 aromatic heterocycles. The van der Waals surface area contributed by atoms with Crippen LogP contribution >= 0.6 is 0 Å². The van der Waals surface area contributed by atoms with Crippen LogP contribution in [0.15, 0.2) is 18.2 Å². The van der Waals surface area contributed by atoms with E-state index < -0.39 is 0 Å². The number of hydrogen-bond acceptors (Lipinski definition) is 2. The van der Waals surface area contributed by atoms with Gasteiger partial charge in [-0.05, 0) is 58.4 Å². The summed E-state index contributed by atoms with van der Waals surface area (Å²) < 4.78 is 0. The van der Waals surface area contributed by atoms with Crippen molar-refractivity contribution in [3.8, 4) is 0 Å². The van der Waals surface area contributed by atoms with Gasteiger partial charge in [-0.3, -0.25) is 0 Å². The highest BCUT2D eigenvalue weighted by Crippen LogP contribution is 2.20. The van der Waals surface area contributed by atoms with Crippen molar-refractivity contribution < 1.29 is 0 Å². The summed E-state index contributed by atoms with van der Waals surface area (Å²) in [7, 11) is 0. The van der Waals surface area contributed by atoms with Gasteiger partial charge in [0.25, 0.3) is 0 Å².